The van der Waals surface area contributed by atoms with Crippen molar-refractivity contribution in [2.75, 3.05) is 6.61 Å². The number of hydrogen-bond acceptors (Lipinski definition) is 5. The van der Waals surface area contributed by atoms with Gasteiger partial charge in [-0.3, -0.25) is 4.68 Å². The van der Waals surface area contributed by atoms with Crippen LogP contribution >= 0.6 is 0 Å². The molecular weight excluding hydrogens is 380 g/mol. The van der Waals surface area contributed by atoms with Crippen molar-refractivity contribution in [3.05, 3.63) is 65.7 Å². The Labute approximate surface area is 164 Å². The van der Waals surface area contributed by atoms with Gasteiger partial charge in [-0.05, 0) is 18.2 Å². The van der Waals surface area contributed by atoms with Crippen molar-refractivity contribution >= 4 is 5.65 Å². The first kappa shape index (κ1) is 17.7. The van der Waals surface area contributed by atoms with Crippen molar-refractivity contribution in [2.45, 2.75) is 19.1 Å². The van der Waals surface area contributed by atoms with E-state index in [4.69, 9.17) is 14.6 Å². The van der Waals surface area contributed by atoms with Crippen LogP contribution in [0.1, 0.15) is 23.1 Å². The summed E-state index contributed by atoms with van der Waals surface area (Å²) in [5, 5.41) is 8.92. The van der Waals surface area contributed by atoms with Crippen LogP contribution in [0.3, 0.4) is 0 Å². The SMILES string of the molecule is Cn1cc(-c2ccc3nc4c(n3n2)C(c2ccccc2OC(F)F)OCC4)cn1. The second kappa shape index (κ2) is 6.93. The lowest BCUT2D eigenvalue weighted by Crippen LogP contribution is -2.20. The molecule has 1 aliphatic rings. The lowest BCUT2D eigenvalue weighted by molar-refractivity contribution is -0.0522. The first-order valence-corrected chi connectivity index (χ1v) is 9.13. The van der Waals surface area contributed by atoms with E-state index in [2.05, 4.69) is 10.1 Å². The topological polar surface area (TPSA) is 66.5 Å². The Morgan fingerprint density at radius 2 is 2.07 bits per heavy atom. The zero-order valence-electron chi connectivity index (χ0n) is 15.5. The highest BCUT2D eigenvalue weighted by molar-refractivity contribution is 5.59. The number of fused-ring (bicyclic) bond motifs is 3. The standard InChI is InChI=1S/C20H17F2N5O2/c1-26-11-12(10-23-26)14-6-7-17-24-15-8-9-28-19(18(15)27(17)25-14)13-4-2-3-5-16(13)29-20(21)22/h2-7,10-11,19-20H,8-9H2,1H3. The monoisotopic (exact) mass is 397 g/mol. The molecule has 0 fully saturated rings. The summed E-state index contributed by atoms with van der Waals surface area (Å²) in [7, 11) is 1.84. The summed E-state index contributed by atoms with van der Waals surface area (Å²) in [6.07, 6.45) is 3.62. The minimum Gasteiger partial charge on any atom is -0.434 e. The van der Waals surface area contributed by atoms with Crippen molar-refractivity contribution in [3.8, 4) is 17.0 Å². The van der Waals surface area contributed by atoms with Crippen molar-refractivity contribution in [2.24, 2.45) is 7.05 Å². The summed E-state index contributed by atoms with van der Waals surface area (Å²) >= 11 is 0. The van der Waals surface area contributed by atoms with Gasteiger partial charge >= 0.3 is 6.61 Å². The number of imidazole rings is 1. The van der Waals surface area contributed by atoms with E-state index in [0.29, 0.717) is 24.2 Å². The van der Waals surface area contributed by atoms with Gasteiger partial charge < -0.3 is 9.47 Å². The van der Waals surface area contributed by atoms with E-state index in [1.807, 2.05) is 25.4 Å². The average molecular weight is 397 g/mol. The fourth-order valence-electron chi connectivity index (χ4n) is 3.64. The maximum absolute atomic E-state index is 12.9. The van der Waals surface area contributed by atoms with E-state index >= 15 is 0 Å². The van der Waals surface area contributed by atoms with Gasteiger partial charge in [0.2, 0.25) is 0 Å². The van der Waals surface area contributed by atoms with E-state index in [9.17, 15) is 8.78 Å². The van der Waals surface area contributed by atoms with Crippen LogP contribution in [0.25, 0.3) is 16.9 Å². The molecule has 0 N–H and O–H groups in total. The fourth-order valence-corrected chi connectivity index (χ4v) is 3.64. The van der Waals surface area contributed by atoms with Crippen molar-refractivity contribution in [1.82, 2.24) is 24.4 Å². The molecule has 9 heteroatoms. The molecule has 1 aliphatic heterocycles. The minimum atomic E-state index is -2.92. The van der Waals surface area contributed by atoms with E-state index in [1.54, 1.807) is 33.6 Å². The maximum Gasteiger partial charge on any atom is 0.387 e. The van der Waals surface area contributed by atoms with Gasteiger partial charge in [-0.25, -0.2) is 9.50 Å². The molecule has 4 heterocycles. The van der Waals surface area contributed by atoms with Crippen LogP contribution < -0.4 is 4.74 Å². The number of hydrogen-bond donors (Lipinski definition) is 0. The van der Waals surface area contributed by atoms with Crippen LogP contribution in [-0.4, -0.2) is 37.6 Å². The highest BCUT2D eigenvalue weighted by atomic mass is 19.3. The minimum absolute atomic E-state index is 0.0821. The Balaban J connectivity index is 1.66. The van der Waals surface area contributed by atoms with E-state index in [1.165, 1.54) is 6.07 Å². The van der Waals surface area contributed by atoms with Crippen LogP contribution in [0.4, 0.5) is 8.78 Å². The lowest BCUT2D eigenvalue weighted by atomic mass is 10.0. The molecule has 148 valence electrons. The molecule has 0 saturated heterocycles. The molecule has 1 aromatic carbocycles. The molecule has 4 aromatic rings. The number of nitrogens with zero attached hydrogens (tertiary/aromatic N) is 5. The third-order valence-corrected chi connectivity index (χ3v) is 4.88. The Hall–Kier alpha value is -3.33. The number of para-hydroxylation sites is 1. The second-order valence-electron chi connectivity index (χ2n) is 6.75. The summed E-state index contributed by atoms with van der Waals surface area (Å²) in [5.41, 5.74) is 4.35. The van der Waals surface area contributed by atoms with Gasteiger partial charge in [0.1, 0.15) is 11.9 Å². The summed E-state index contributed by atoms with van der Waals surface area (Å²) in [6.45, 7) is -2.49. The van der Waals surface area contributed by atoms with Gasteiger partial charge in [0.25, 0.3) is 0 Å². The van der Waals surface area contributed by atoms with Gasteiger partial charge in [-0.15, -0.1) is 0 Å². The average Bonchev–Trinajstić information content (AvgIpc) is 3.30. The Morgan fingerprint density at radius 3 is 2.86 bits per heavy atom. The Bertz CT molecular complexity index is 1190. The zero-order valence-corrected chi connectivity index (χ0v) is 15.5. The predicted octanol–water partition coefficient (Wildman–Crippen LogP) is 3.39. The van der Waals surface area contributed by atoms with Gasteiger partial charge in [0.05, 0.1) is 29.9 Å². The number of ether oxygens (including phenoxy) is 2. The normalized spacial score (nSPS) is 16.3. The fraction of sp³-hybridized carbons (Fsp3) is 0.250. The van der Waals surface area contributed by atoms with Gasteiger partial charge in [0, 0.05) is 30.8 Å². The van der Waals surface area contributed by atoms with Crippen molar-refractivity contribution in [3.63, 3.8) is 0 Å². The highest BCUT2D eigenvalue weighted by Gasteiger charge is 2.31. The van der Waals surface area contributed by atoms with Crippen molar-refractivity contribution in [1.29, 1.82) is 0 Å². The number of aromatic nitrogens is 5. The molecule has 0 amide bonds. The summed E-state index contributed by atoms with van der Waals surface area (Å²) in [4.78, 5) is 4.67. The van der Waals surface area contributed by atoms with Gasteiger partial charge in [-0.2, -0.15) is 19.0 Å². The number of halogens is 2. The number of benzene rings is 1. The molecule has 3 aromatic heterocycles. The Kier molecular flexibility index (Phi) is 4.24. The smallest absolute Gasteiger partial charge is 0.387 e. The van der Waals surface area contributed by atoms with Crippen LogP contribution in [-0.2, 0) is 18.2 Å². The molecule has 0 bridgehead atoms. The van der Waals surface area contributed by atoms with Crippen LogP contribution in [0.15, 0.2) is 48.8 Å². The largest absolute Gasteiger partial charge is 0.434 e. The van der Waals surface area contributed by atoms with E-state index in [0.717, 1.165) is 22.6 Å². The van der Waals surface area contributed by atoms with Gasteiger partial charge in [0.15, 0.2) is 5.65 Å². The summed E-state index contributed by atoms with van der Waals surface area (Å²) in [6, 6.07) is 10.4. The molecule has 5 rings (SSSR count). The number of alkyl halides is 2. The maximum atomic E-state index is 12.9. The number of aryl methyl sites for hydroxylation is 1. The van der Waals surface area contributed by atoms with Crippen LogP contribution in [0, 0.1) is 0 Å². The Morgan fingerprint density at radius 1 is 1.21 bits per heavy atom. The van der Waals surface area contributed by atoms with Gasteiger partial charge in [-0.1, -0.05) is 18.2 Å². The molecular formula is C20H17F2N5O2. The first-order chi connectivity index (χ1) is 14.1. The molecule has 0 spiro atoms. The third kappa shape index (κ3) is 3.13. The number of rotatable bonds is 4. The predicted molar refractivity (Wildman–Crippen MR) is 99.8 cm³/mol. The second-order valence-corrected chi connectivity index (χ2v) is 6.75. The lowest BCUT2D eigenvalue weighted by Gasteiger charge is -2.25. The molecule has 0 radical (unpaired) electrons. The van der Waals surface area contributed by atoms with Crippen LogP contribution in [0.5, 0.6) is 5.75 Å². The van der Waals surface area contributed by atoms with Crippen molar-refractivity contribution < 1.29 is 18.3 Å². The third-order valence-electron chi connectivity index (χ3n) is 4.88. The molecule has 0 aliphatic carbocycles. The van der Waals surface area contributed by atoms with Crippen LogP contribution in [0.2, 0.25) is 0 Å². The highest BCUT2D eigenvalue weighted by Crippen LogP contribution is 2.38. The molecule has 1 unspecified atom stereocenters. The molecule has 1 atom stereocenters. The molecule has 0 saturated carbocycles. The van der Waals surface area contributed by atoms with E-state index < -0.39 is 12.7 Å². The molecule has 29 heavy (non-hydrogen) atoms. The van der Waals surface area contributed by atoms with E-state index in [-0.39, 0.29) is 5.75 Å². The first-order valence-electron chi connectivity index (χ1n) is 9.13. The summed E-state index contributed by atoms with van der Waals surface area (Å²) in [5.74, 6) is 0.0821. The summed E-state index contributed by atoms with van der Waals surface area (Å²) < 4.78 is 39.9. The zero-order chi connectivity index (χ0) is 20.0. The molecule has 7 nitrogen and oxygen atoms in total. The quantitative estimate of drug-likeness (QED) is 0.528.